The molecule has 0 saturated carbocycles. The van der Waals surface area contributed by atoms with Crippen LogP contribution in [-0.4, -0.2) is 8.42 Å². The van der Waals surface area contributed by atoms with Crippen LogP contribution in [0.2, 0.25) is 0 Å². The molecule has 0 spiro atoms. The van der Waals surface area contributed by atoms with Crippen LogP contribution < -0.4 is 0 Å². The molecule has 0 heterocycles. The molecule has 0 radical (unpaired) electrons. The number of hydrogen-bond donors (Lipinski definition) is 0. The second kappa shape index (κ2) is 5.35. The summed E-state index contributed by atoms with van der Waals surface area (Å²) in [6.45, 7) is 6.01. The Labute approximate surface area is 116 Å². The molecule has 0 saturated heterocycles. The van der Waals surface area contributed by atoms with Gasteiger partial charge in [-0.05, 0) is 35.1 Å². The molecule has 0 aromatic heterocycles. The minimum Gasteiger partial charge on any atom is -0.189 e. The van der Waals surface area contributed by atoms with Gasteiger partial charge in [0, 0.05) is 0 Å². The average molecular weight is 312 g/mol. The molecule has 0 aliphatic heterocycles. The highest BCUT2D eigenvalue weighted by Gasteiger charge is 2.36. The van der Waals surface area contributed by atoms with Gasteiger partial charge in [-0.3, -0.25) is 0 Å². The molecule has 0 bridgehead atoms. The van der Waals surface area contributed by atoms with E-state index in [1.165, 1.54) is 27.7 Å². The zero-order valence-corrected chi connectivity index (χ0v) is 12.4. The highest BCUT2D eigenvalue weighted by molar-refractivity contribution is 7.86. The lowest BCUT2D eigenvalue weighted by Crippen LogP contribution is -2.14. The number of hydrogen-bond acceptors (Lipinski definition) is 2. The van der Waals surface area contributed by atoms with Gasteiger partial charge in [-0.15, -0.1) is 3.89 Å². The fourth-order valence-electron chi connectivity index (χ4n) is 2.00. The smallest absolute Gasteiger partial charge is 0.189 e. The van der Waals surface area contributed by atoms with Crippen LogP contribution in [0.5, 0.6) is 0 Å². The molecule has 0 unspecified atom stereocenters. The normalized spacial score (nSPS) is 13.3. The van der Waals surface area contributed by atoms with Crippen LogP contribution in [0.1, 0.15) is 56.2 Å². The molecular weight excluding hydrogens is 296 g/mol. The van der Waals surface area contributed by atoms with Gasteiger partial charge in [0.1, 0.15) is 4.90 Å². The predicted molar refractivity (Wildman–Crippen MR) is 67.9 cm³/mol. The van der Waals surface area contributed by atoms with Crippen LogP contribution in [0.4, 0.5) is 17.1 Å². The van der Waals surface area contributed by atoms with E-state index in [0.29, 0.717) is 0 Å². The van der Waals surface area contributed by atoms with E-state index in [4.69, 9.17) is 0 Å². The van der Waals surface area contributed by atoms with Crippen molar-refractivity contribution in [3.8, 4) is 0 Å². The van der Waals surface area contributed by atoms with E-state index >= 15 is 0 Å². The zero-order valence-electron chi connectivity index (χ0n) is 11.5. The van der Waals surface area contributed by atoms with Gasteiger partial charge in [-0.2, -0.15) is 21.6 Å². The van der Waals surface area contributed by atoms with E-state index in [0.717, 1.165) is 12.1 Å². The second-order valence-electron chi connectivity index (χ2n) is 5.22. The first-order valence-electron chi connectivity index (χ1n) is 6.05. The lowest BCUT2D eigenvalue weighted by molar-refractivity contribution is -0.138. The molecule has 0 aliphatic rings. The van der Waals surface area contributed by atoms with Crippen LogP contribution in [0, 0.1) is 0 Å². The Hall–Kier alpha value is -1.11. The van der Waals surface area contributed by atoms with Gasteiger partial charge in [0.25, 0.3) is 0 Å². The molecule has 0 N–H and O–H groups in total. The third-order valence-corrected chi connectivity index (χ3v) is 3.87. The molecule has 7 heteroatoms. The SMILES string of the molecule is CC(C)c1cc(S(=O)(=O)F)c(C(C)C)cc1C(F)(F)F. The largest absolute Gasteiger partial charge is 0.416 e. The maximum atomic E-state index is 13.3. The summed E-state index contributed by atoms with van der Waals surface area (Å²) < 4.78 is 74.7. The van der Waals surface area contributed by atoms with Crippen molar-refractivity contribution in [1.82, 2.24) is 0 Å². The lowest BCUT2D eigenvalue weighted by atomic mass is 9.91. The summed E-state index contributed by atoms with van der Waals surface area (Å²) in [6, 6.07) is 1.55. The Bertz CT molecular complexity index is 602. The highest BCUT2D eigenvalue weighted by atomic mass is 32.3. The Morgan fingerprint density at radius 1 is 0.950 bits per heavy atom. The van der Waals surface area contributed by atoms with Crippen LogP contribution in [0.15, 0.2) is 17.0 Å². The highest BCUT2D eigenvalue weighted by Crippen LogP contribution is 2.39. The van der Waals surface area contributed by atoms with Gasteiger partial charge in [0.2, 0.25) is 0 Å². The van der Waals surface area contributed by atoms with Crippen molar-refractivity contribution in [2.75, 3.05) is 0 Å². The van der Waals surface area contributed by atoms with Crippen LogP contribution >= 0.6 is 0 Å². The van der Waals surface area contributed by atoms with Gasteiger partial charge < -0.3 is 0 Å². The number of alkyl halides is 3. The summed E-state index contributed by atoms with van der Waals surface area (Å²) in [5.74, 6) is -1.12. The Balaban J connectivity index is 3.79. The van der Waals surface area contributed by atoms with Gasteiger partial charge in [-0.25, -0.2) is 0 Å². The summed E-state index contributed by atoms with van der Waals surface area (Å²) in [5.41, 5.74) is -1.30. The van der Waals surface area contributed by atoms with Gasteiger partial charge >= 0.3 is 16.4 Å². The molecule has 0 amide bonds. The molecule has 1 rings (SSSR count). The number of halogens is 4. The van der Waals surface area contributed by atoms with E-state index < -0.39 is 38.7 Å². The third-order valence-electron chi connectivity index (χ3n) is 2.99. The molecule has 0 atom stereocenters. The first-order chi connectivity index (χ1) is 8.85. The van der Waals surface area contributed by atoms with Crippen molar-refractivity contribution in [3.63, 3.8) is 0 Å². The summed E-state index contributed by atoms with van der Waals surface area (Å²) in [7, 11) is -5.06. The summed E-state index contributed by atoms with van der Waals surface area (Å²) in [4.78, 5) is -0.677. The van der Waals surface area contributed by atoms with Crippen molar-refractivity contribution in [1.29, 1.82) is 0 Å². The van der Waals surface area contributed by atoms with E-state index in [2.05, 4.69) is 0 Å². The summed E-state index contributed by atoms with van der Waals surface area (Å²) in [5, 5.41) is 0. The van der Waals surface area contributed by atoms with E-state index in [-0.39, 0.29) is 11.1 Å². The maximum absolute atomic E-state index is 13.3. The summed E-state index contributed by atoms with van der Waals surface area (Å²) >= 11 is 0. The molecule has 20 heavy (non-hydrogen) atoms. The minimum absolute atomic E-state index is 0.163. The first-order valence-corrected chi connectivity index (χ1v) is 7.43. The van der Waals surface area contributed by atoms with Crippen molar-refractivity contribution in [2.24, 2.45) is 0 Å². The predicted octanol–water partition coefficient (Wildman–Crippen LogP) is 4.61. The van der Waals surface area contributed by atoms with Crippen molar-refractivity contribution >= 4 is 10.2 Å². The fraction of sp³-hybridized carbons (Fsp3) is 0.538. The van der Waals surface area contributed by atoms with E-state index in [1.54, 1.807) is 0 Å². The lowest BCUT2D eigenvalue weighted by Gasteiger charge is -2.20. The molecular formula is C13H16F4O2S. The monoisotopic (exact) mass is 312 g/mol. The maximum Gasteiger partial charge on any atom is 0.416 e. The molecule has 0 aliphatic carbocycles. The van der Waals surface area contributed by atoms with E-state index in [1.807, 2.05) is 0 Å². The van der Waals surface area contributed by atoms with Gasteiger partial charge in [0.15, 0.2) is 0 Å². The zero-order chi connectivity index (χ0) is 15.9. The quantitative estimate of drug-likeness (QED) is 0.603. The van der Waals surface area contributed by atoms with Crippen molar-refractivity contribution in [3.05, 3.63) is 28.8 Å². The van der Waals surface area contributed by atoms with Crippen molar-refractivity contribution in [2.45, 2.75) is 50.6 Å². The Kier molecular flexibility index (Phi) is 4.53. The number of rotatable bonds is 3. The first kappa shape index (κ1) is 16.9. The molecule has 114 valence electrons. The average Bonchev–Trinajstić information content (AvgIpc) is 2.24. The Morgan fingerprint density at radius 3 is 1.70 bits per heavy atom. The minimum atomic E-state index is -5.06. The Morgan fingerprint density at radius 2 is 1.40 bits per heavy atom. The molecule has 2 nitrogen and oxygen atoms in total. The van der Waals surface area contributed by atoms with Crippen molar-refractivity contribution < 1.29 is 25.5 Å². The van der Waals surface area contributed by atoms with Gasteiger partial charge in [0.05, 0.1) is 5.56 Å². The van der Waals surface area contributed by atoms with Crippen LogP contribution in [-0.2, 0) is 16.4 Å². The van der Waals surface area contributed by atoms with Crippen LogP contribution in [0.25, 0.3) is 0 Å². The topological polar surface area (TPSA) is 34.1 Å². The molecule has 0 fully saturated rings. The number of benzene rings is 1. The fourth-order valence-corrected chi connectivity index (χ4v) is 2.84. The molecule has 1 aromatic rings. The third kappa shape index (κ3) is 3.50. The van der Waals surface area contributed by atoms with Crippen LogP contribution in [0.3, 0.4) is 0 Å². The second-order valence-corrected chi connectivity index (χ2v) is 6.54. The molecule has 1 aromatic carbocycles. The van der Waals surface area contributed by atoms with E-state index in [9.17, 15) is 25.5 Å². The van der Waals surface area contributed by atoms with Gasteiger partial charge in [-0.1, -0.05) is 27.7 Å². The summed E-state index contributed by atoms with van der Waals surface area (Å²) in [6.07, 6.45) is -4.61. The standard InChI is InChI=1S/C13H16F4O2S/c1-7(2)9-6-12(20(17,18)19)10(8(3)4)5-11(9)13(14,15)16/h5-8H,1-4H3.